The minimum absolute atomic E-state index is 0.0671. The van der Waals surface area contributed by atoms with Gasteiger partial charge in [-0.1, -0.05) is 6.42 Å². The predicted molar refractivity (Wildman–Crippen MR) is 64.1 cm³/mol. The largest absolute Gasteiger partial charge is 0.393 e. The number of rotatable bonds is 4. The van der Waals surface area contributed by atoms with Crippen molar-refractivity contribution in [3.05, 3.63) is 21.9 Å². The zero-order chi connectivity index (χ0) is 10.7. The van der Waals surface area contributed by atoms with Crippen LogP contribution in [0.5, 0.6) is 0 Å². The fourth-order valence-electron chi connectivity index (χ4n) is 2.22. The summed E-state index contributed by atoms with van der Waals surface area (Å²) in [6.45, 7) is 4.04. The first-order valence-corrected chi connectivity index (χ1v) is 6.51. The van der Waals surface area contributed by atoms with Crippen LogP contribution >= 0.6 is 11.3 Å². The molecule has 3 heteroatoms. The average Bonchev–Trinajstić information content (AvgIpc) is 2.77. The maximum atomic E-state index is 9.65. The molecule has 0 amide bonds. The lowest BCUT2D eigenvalue weighted by Crippen LogP contribution is -2.27. The van der Waals surface area contributed by atoms with E-state index in [0.29, 0.717) is 5.92 Å². The molecule has 1 saturated carbocycles. The molecule has 84 valence electrons. The first-order valence-electron chi connectivity index (χ1n) is 5.70. The molecule has 0 spiro atoms. The molecule has 1 fully saturated rings. The van der Waals surface area contributed by atoms with Crippen molar-refractivity contribution in [3.63, 3.8) is 0 Å². The fraction of sp³-hybridized carbons (Fsp3) is 0.667. The number of aliphatic hydroxyl groups excluding tert-OH is 1. The van der Waals surface area contributed by atoms with Crippen LogP contribution in [0, 0.1) is 12.8 Å². The molecule has 0 aromatic carbocycles. The molecule has 1 aliphatic carbocycles. The molecule has 2 unspecified atom stereocenters. The lowest BCUT2D eigenvalue weighted by atomic mass is 10.1. The minimum Gasteiger partial charge on any atom is -0.393 e. The molecule has 2 rings (SSSR count). The molecule has 2 N–H and O–H groups in total. The number of thiophene rings is 1. The van der Waals surface area contributed by atoms with E-state index in [4.69, 9.17) is 0 Å². The number of nitrogens with one attached hydrogen (secondary N) is 1. The summed E-state index contributed by atoms with van der Waals surface area (Å²) in [6.07, 6.45) is 3.29. The van der Waals surface area contributed by atoms with Crippen LogP contribution in [0.4, 0.5) is 0 Å². The Morgan fingerprint density at radius 3 is 2.93 bits per heavy atom. The lowest BCUT2D eigenvalue weighted by Gasteiger charge is -2.14. The number of hydrogen-bond acceptors (Lipinski definition) is 3. The van der Waals surface area contributed by atoms with E-state index in [9.17, 15) is 5.11 Å². The van der Waals surface area contributed by atoms with E-state index in [-0.39, 0.29) is 6.10 Å². The molecule has 0 aliphatic heterocycles. The van der Waals surface area contributed by atoms with Crippen LogP contribution in [-0.2, 0) is 6.54 Å². The van der Waals surface area contributed by atoms with Crippen molar-refractivity contribution in [1.29, 1.82) is 0 Å². The number of hydrogen-bond donors (Lipinski definition) is 2. The van der Waals surface area contributed by atoms with Crippen molar-refractivity contribution in [3.8, 4) is 0 Å². The van der Waals surface area contributed by atoms with Crippen molar-refractivity contribution in [1.82, 2.24) is 5.32 Å². The van der Waals surface area contributed by atoms with Crippen molar-refractivity contribution in [2.45, 2.75) is 38.8 Å². The molecule has 1 aromatic heterocycles. The van der Waals surface area contributed by atoms with Crippen molar-refractivity contribution >= 4 is 11.3 Å². The summed E-state index contributed by atoms with van der Waals surface area (Å²) in [5, 5.41) is 13.1. The summed E-state index contributed by atoms with van der Waals surface area (Å²) in [5.41, 5.74) is 0. The third kappa shape index (κ3) is 3.03. The van der Waals surface area contributed by atoms with Gasteiger partial charge in [0, 0.05) is 22.8 Å². The quantitative estimate of drug-likeness (QED) is 0.824. The Kier molecular flexibility index (Phi) is 3.78. The van der Waals surface area contributed by atoms with Gasteiger partial charge in [-0.05, 0) is 37.8 Å². The zero-order valence-electron chi connectivity index (χ0n) is 9.20. The Hall–Kier alpha value is -0.380. The molecule has 2 atom stereocenters. The van der Waals surface area contributed by atoms with Crippen LogP contribution in [0.3, 0.4) is 0 Å². The van der Waals surface area contributed by atoms with Crippen LogP contribution in [0.1, 0.15) is 29.0 Å². The topological polar surface area (TPSA) is 32.3 Å². The third-order valence-corrected chi connectivity index (χ3v) is 4.12. The van der Waals surface area contributed by atoms with E-state index in [2.05, 4.69) is 24.4 Å². The summed E-state index contributed by atoms with van der Waals surface area (Å²) in [7, 11) is 0. The van der Waals surface area contributed by atoms with Crippen LogP contribution < -0.4 is 5.32 Å². The predicted octanol–water partition coefficient (Wildman–Crippen LogP) is 2.31. The lowest BCUT2D eigenvalue weighted by molar-refractivity contribution is 0.131. The summed E-state index contributed by atoms with van der Waals surface area (Å²) < 4.78 is 0. The molecule has 0 saturated heterocycles. The van der Waals surface area contributed by atoms with Crippen molar-refractivity contribution in [2.24, 2.45) is 5.92 Å². The second-order valence-corrected chi connectivity index (χ2v) is 5.77. The van der Waals surface area contributed by atoms with Crippen molar-refractivity contribution < 1.29 is 5.11 Å². The first-order chi connectivity index (χ1) is 7.25. The standard InChI is InChI=1S/C12H19NOS/c1-9-5-6-11(15-9)8-13-7-10-3-2-4-12(10)14/h5-6,10,12-14H,2-4,7-8H2,1H3. The highest BCUT2D eigenvalue weighted by atomic mass is 32.1. The molecule has 0 radical (unpaired) electrons. The van der Waals surface area contributed by atoms with E-state index in [0.717, 1.165) is 19.5 Å². The smallest absolute Gasteiger partial charge is 0.0580 e. The number of aliphatic hydroxyl groups is 1. The molecule has 1 aliphatic rings. The van der Waals surface area contributed by atoms with Gasteiger partial charge in [-0.3, -0.25) is 0 Å². The highest BCUT2D eigenvalue weighted by Crippen LogP contribution is 2.24. The van der Waals surface area contributed by atoms with E-state index in [1.165, 1.54) is 22.6 Å². The van der Waals surface area contributed by atoms with E-state index < -0.39 is 0 Å². The highest BCUT2D eigenvalue weighted by molar-refractivity contribution is 7.11. The summed E-state index contributed by atoms with van der Waals surface area (Å²) in [5.74, 6) is 0.478. The monoisotopic (exact) mass is 225 g/mol. The Balaban J connectivity index is 1.70. The van der Waals surface area contributed by atoms with Crippen molar-refractivity contribution in [2.75, 3.05) is 6.54 Å². The minimum atomic E-state index is -0.0671. The van der Waals surface area contributed by atoms with Gasteiger partial charge in [-0.2, -0.15) is 0 Å². The Bertz CT molecular complexity index is 310. The Labute approximate surface area is 95.3 Å². The molecule has 1 heterocycles. The van der Waals surface area contributed by atoms with E-state index in [1.54, 1.807) is 0 Å². The first kappa shape index (κ1) is 11.1. The van der Waals surface area contributed by atoms with Gasteiger partial charge in [0.1, 0.15) is 0 Å². The second kappa shape index (κ2) is 5.10. The molecular formula is C12H19NOS. The van der Waals surface area contributed by atoms with Gasteiger partial charge in [0.15, 0.2) is 0 Å². The van der Waals surface area contributed by atoms with Gasteiger partial charge in [0.2, 0.25) is 0 Å². The zero-order valence-corrected chi connectivity index (χ0v) is 10.0. The van der Waals surface area contributed by atoms with Crippen LogP contribution in [0.15, 0.2) is 12.1 Å². The van der Waals surface area contributed by atoms with Gasteiger partial charge in [0.25, 0.3) is 0 Å². The molecule has 0 bridgehead atoms. The maximum Gasteiger partial charge on any atom is 0.0580 e. The van der Waals surface area contributed by atoms with Gasteiger partial charge < -0.3 is 10.4 Å². The molecular weight excluding hydrogens is 206 g/mol. The normalized spacial score (nSPS) is 26.0. The average molecular weight is 225 g/mol. The fourth-order valence-corrected chi connectivity index (χ4v) is 3.08. The summed E-state index contributed by atoms with van der Waals surface area (Å²) in [6, 6.07) is 4.34. The van der Waals surface area contributed by atoms with Crippen LogP contribution in [0.2, 0.25) is 0 Å². The van der Waals surface area contributed by atoms with Gasteiger partial charge in [-0.15, -0.1) is 11.3 Å². The SMILES string of the molecule is Cc1ccc(CNCC2CCCC2O)s1. The van der Waals surface area contributed by atoms with E-state index in [1.807, 2.05) is 11.3 Å². The van der Waals surface area contributed by atoms with Crippen LogP contribution in [-0.4, -0.2) is 17.8 Å². The summed E-state index contributed by atoms with van der Waals surface area (Å²) >= 11 is 1.85. The maximum absolute atomic E-state index is 9.65. The van der Waals surface area contributed by atoms with Gasteiger partial charge >= 0.3 is 0 Å². The van der Waals surface area contributed by atoms with E-state index >= 15 is 0 Å². The number of aryl methyl sites for hydroxylation is 1. The van der Waals surface area contributed by atoms with Crippen LogP contribution in [0.25, 0.3) is 0 Å². The molecule has 1 aromatic rings. The second-order valence-electron chi connectivity index (χ2n) is 4.40. The summed E-state index contributed by atoms with van der Waals surface area (Å²) in [4.78, 5) is 2.76. The highest BCUT2D eigenvalue weighted by Gasteiger charge is 2.24. The third-order valence-electron chi connectivity index (χ3n) is 3.12. The molecule has 2 nitrogen and oxygen atoms in total. The van der Waals surface area contributed by atoms with Gasteiger partial charge in [-0.25, -0.2) is 0 Å². The Morgan fingerprint density at radius 2 is 2.33 bits per heavy atom. The van der Waals surface area contributed by atoms with Gasteiger partial charge in [0.05, 0.1) is 6.10 Å². The molecule has 15 heavy (non-hydrogen) atoms. The Morgan fingerprint density at radius 1 is 1.47 bits per heavy atom.